The zero-order valence-electron chi connectivity index (χ0n) is 10.9. The number of rotatable bonds is 3. The molecule has 0 aromatic carbocycles. The van der Waals surface area contributed by atoms with Crippen molar-refractivity contribution in [2.75, 3.05) is 25.5 Å². The molecule has 2 aliphatic heterocycles. The van der Waals surface area contributed by atoms with Crippen LogP contribution in [0, 0.1) is 11.3 Å². The van der Waals surface area contributed by atoms with Crippen molar-refractivity contribution >= 4 is 24.4 Å². The molecule has 0 atom stereocenters. The van der Waals surface area contributed by atoms with Gasteiger partial charge in [0.25, 0.3) is 0 Å². The first-order chi connectivity index (χ1) is 8.56. The van der Waals surface area contributed by atoms with Crippen molar-refractivity contribution in [3.8, 4) is 0 Å². The van der Waals surface area contributed by atoms with Crippen LogP contribution in [-0.2, 0) is 14.3 Å². The zero-order chi connectivity index (χ0) is 13.2. The van der Waals surface area contributed by atoms with E-state index >= 15 is 0 Å². The molecule has 0 bridgehead atoms. The van der Waals surface area contributed by atoms with Gasteiger partial charge in [-0.1, -0.05) is 6.92 Å². The summed E-state index contributed by atoms with van der Waals surface area (Å²) in [7, 11) is 0. The molecule has 0 radical (unpaired) electrons. The van der Waals surface area contributed by atoms with Gasteiger partial charge in [0.15, 0.2) is 0 Å². The third-order valence-electron chi connectivity index (χ3n) is 4.03. The highest BCUT2D eigenvalue weighted by molar-refractivity contribution is 7.80. The van der Waals surface area contributed by atoms with Crippen LogP contribution < -0.4 is 0 Å². The monoisotopic (exact) mass is 271 g/mol. The van der Waals surface area contributed by atoms with E-state index in [1.807, 2.05) is 6.92 Å². The molecule has 0 unspecified atom stereocenters. The van der Waals surface area contributed by atoms with Crippen LogP contribution in [0.15, 0.2) is 0 Å². The number of likely N-dealkylation sites (tertiary alicyclic amines) is 1. The van der Waals surface area contributed by atoms with Gasteiger partial charge < -0.3 is 4.74 Å². The minimum atomic E-state index is -0.0484. The van der Waals surface area contributed by atoms with Crippen LogP contribution in [0.3, 0.4) is 0 Å². The molecule has 0 aromatic rings. The molecule has 2 heterocycles. The second-order valence-corrected chi connectivity index (χ2v) is 5.97. The first-order valence-electron chi connectivity index (χ1n) is 6.58. The Balaban J connectivity index is 2.06. The summed E-state index contributed by atoms with van der Waals surface area (Å²) in [4.78, 5) is 25.5. The summed E-state index contributed by atoms with van der Waals surface area (Å²) in [5, 5.41) is 0. The number of carbonyl (C=O) groups is 2. The molecule has 0 saturated carbocycles. The molecule has 2 amide bonds. The van der Waals surface area contributed by atoms with Crippen LogP contribution in [0.1, 0.15) is 32.6 Å². The summed E-state index contributed by atoms with van der Waals surface area (Å²) < 4.78 is 5.36. The van der Waals surface area contributed by atoms with E-state index in [1.165, 1.54) is 4.90 Å². The molecular formula is C13H21NO3S. The molecule has 0 N–H and O–H groups in total. The van der Waals surface area contributed by atoms with Crippen molar-refractivity contribution in [1.82, 2.24) is 4.90 Å². The predicted octanol–water partition coefficient (Wildman–Crippen LogP) is 1.50. The van der Waals surface area contributed by atoms with Gasteiger partial charge >= 0.3 is 0 Å². The molecule has 102 valence electrons. The fraction of sp³-hybridized carbons (Fsp3) is 0.846. The molecule has 0 aromatic heterocycles. The number of piperidine rings is 1. The third kappa shape index (κ3) is 2.88. The highest BCUT2D eigenvalue weighted by Crippen LogP contribution is 2.34. The van der Waals surface area contributed by atoms with Crippen LogP contribution in [0.25, 0.3) is 0 Å². The van der Waals surface area contributed by atoms with E-state index in [0.29, 0.717) is 38.4 Å². The number of ether oxygens (including phenoxy) is 1. The van der Waals surface area contributed by atoms with Crippen molar-refractivity contribution in [2.45, 2.75) is 32.6 Å². The lowest BCUT2D eigenvalue weighted by molar-refractivity contribution is -0.152. The normalized spacial score (nSPS) is 25.6. The Morgan fingerprint density at radius 3 is 2.33 bits per heavy atom. The van der Waals surface area contributed by atoms with Gasteiger partial charge in [0.05, 0.1) is 0 Å². The number of nitrogens with zero attached hydrogens (tertiary/aromatic N) is 1. The van der Waals surface area contributed by atoms with Crippen molar-refractivity contribution in [3.05, 3.63) is 0 Å². The summed E-state index contributed by atoms with van der Waals surface area (Å²) in [6, 6.07) is 0. The molecular weight excluding hydrogens is 250 g/mol. The fourth-order valence-corrected chi connectivity index (χ4v) is 3.13. The van der Waals surface area contributed by atoms with Gasteiger partial charge in [-0.3, -0.25) is 14.5 Å². The standard InChI is InChI=1S/C13H21NO3S/c1-10-6-11(15)14(12(16)7-10)8-13(9-18)2-4-17-5-3-13/h10,18H,2-9H2,1H3. The minimum absolute atomic E-state index is 0.0219. The van der Waals surface area contributed by atoms with Crippen LogP contribution in [0.5, 0.6) is 0 Å². The Morgan fingerprint density at radius 1 is 1.28 bits per heavy atom. The van der Waals surface area contributed by atoms with Gasteiger partial charge in [-0.25, -0.2) is 0 Å². The summed E-state index contributed by atoms with van der Waals surface area (Å²) in [6.07, 6.45) is 2.74. The van der Waals surface area contributed by atoms with Gasteiger partial charge in [-0.05, 0) is 24.5 Å². The van der Waals surface area contributed by atoms with E-state index in [2.05, 4.69) is 12.6 Å². The molecule has 0 aliphatic carbocycles. The lowest BCUT2D eigenvalue weighted by atomic mass is 9.80. The zero-order valence-corrected chi connectivity index (χ0v) is 11.7. The molecule has 2 aliphatic rings. The Kier molecular flexibility index (Phi) is 4.33. The summed E-state index contributed by atoms with van der Waals surface area (Å²) in [6.45, 7) is 3.88. The van der Waals surface area contributed by atoms with Crippen molar-refractivity contribution in [1.29, 1.82) is 0 Å². The van der Waals surface area contributed by atoms with Crippen molar-refractivity contribution < 1.29 is 14.3 Å². The van der Waals surface area contributed by atoms with Crippen molar-refractivity contribution in [3.63, 3.8) is 0 Å². The number of amides is 2. The number of carbonyl (C=O) groups excluding carboxylic acids is 2. The third-order valence-corrected chi connectivity index (χ3v) is 4.70. The van der Waals surface area contributed by atoms with E-state index in [-0.39, 0.29) is 23.1 Å². The average Bonchev–Trinajstić information content (AvgIpc) is 2.35. The first-order valence-corrected chi connectivity index (χ1v) is 7.21. The topological polar surface area (TPSA) is 46.6 Å². The number of imide groups is 1. The maximum Gasteiger partial charge on any atom is 0.229 e. The Hall–Kier alpha value is -0.550. The van der Waals surface area contributed by atoms with Crippen LogP contribution in [-0.4, -0.2) is 42.2 Å². The van der Waals surface area contributed by atoms with E-state index in [1.54, 1.807) is 0 Å². The molecule has 2 saturated heterocycles. The Morgan fingerprint density at radius 2 is 1.83 bits per heavy atom. The minimum Gasteiger partial charge on any atom is -0.381 e. The summed E-state index contributed by atoms with van der Waals surface area (Å²) in [5.41, 5.74) is -0.0484. The fourth-order valence-electron chi connectivity index (χ4n) is 2.71. The molecule has 5 heteroatoms. The van der Waals surface area contributed by atoms with Gasteiger partial charge in [-0.2, -0.15) is 12.6 Å². The lowest BCUT2D eigenvalue weighted by Gasteiger charge is -2.41. The van der Waals surface area contributed by atoms with Gasteiger partial charge in [0, 0.05) is 38.0 Å². The second kappa shape index (κ2) is 5.61. The number of thiol groups is 1. The summed E-state index contributed by atoms with van der Waals surface area (Å²) in [5.74, 6) is 0.837. The molecule has 2 fully saturated rings. The van der Waals surface area contributed by atoms with E-state index < -0.39 is 0 Å². The quantitative estimate of drug-likeness (QED) is 0.625. The van der Waals surface area contributed by atoms with E-state index in [0.717, 1.165) is 12.8 Å². The Labute approximate surface area is 113 Å². The smallest absolute Gasteiger partial charge is 0.229 e. The molecule has 0 spiro atoms. The van der Waals surface area contributed by atoms with Crippen LogP contribution in [0.2, 0.25) is 0 Å². The highest BCUT2D eigenvalue weighted by atomic mass is 32.1. The predicted molar refractivity (Wildman–Crippen MR) is 71.5 cm³/mol. The van der Waals surface area contributed by atoms with Gasteiger partial charge in [0.2, 0.25) is 11.8 Å². The van der Waals surface area contributed by atoms with E-state index in [4.69, 9.17) is 4.74 Å². The maximum atomic E-state index is 12.0. The van der Waals surface area contributed by atoms with Gasteiger partial charge in [-0.15, -0.1) is 0 Å². The summed E-state index contributed by atoms with van der Waals surface area (Å²) >= 11 is 4.42. The maximum absolute atomic E-state index is 12.0. The van der Waals surface area contributed by atoms with Crippen LogP contribution >= 0.6 is 12.6 Å². The van der Waals surface area contributed by atoms with Gasteiger partial charge in [0.1, 0.15) is 0 Å². The first kappa shape index (κ1) is 13.9. The number of hydrogen-bond acceptors (Lipinski definition) is 4. The Bertz CT molecular complexity index is 321. The SMILES string of the molecule is CC1CC(=O)N(CC2(CS)CCOCC2)C(=O)C1. The molecule has 18 heavy (non-hydrogen) atoms. The van der Waals surface area contributed by atoms with Crippen LogP contribution in [0.4, 0.5) is 0 Å². The van der Waals surface area contributed by atoms with Crippen molar-refractivity contribution in [2.24, 2.45) is 11.3 Å². The largest absolute Gasteiger partial charge is 0.381 e. The average molecular weight is 271 g/mol. The molecule has 4 nitrogen and oxygen atoms in total. The molecule has 2 rings (SSSR count). The lowest BCUT2D eigenvalue weighted by Crippen LogP contribution is -2.50. The van der Waals surface area contributed by atoms with E-state index in [9.17, 15) is 9.59 Å². The number of hydrogen-bond donors (Lipinski definition) is 1. The highest BCUT2D eigenvalue weighted by Gasteiger charge is 2.39. The second-order valence-electron chi connectivity index (χ2n) is 5.66.